The largest absolute Gasteiger partial charge is 0.497 e. The van der Waals surface area contributed by atoms with E-state index in [1.165, 1.54) is 12.1 Å². The van der Waals surface area contributed by atoms with Crippen LogP contribution in [0.4, 0.5) is 4.39 Å². The molecule has 1 aliphatic rings. The lowest BCUT2D eigenvalue weighted by Gasteiger charge is -2.34. The van der Waals surface area contributed by atoms with Crippen LogP contribution in [-0.4, -0.2) is 35.6 Å². The summed E-state index contributed by atoms with van der Waals surface area (Å²) in [7, 11) is 1.65. The molecule has 2 N–H and O–H groups in total. The molecule has 0 saturated carbocycles. The number of benzene rings is 3. The number of hydrogen-bond acceptors (Lipinski definition) is 5. The van der Waals surface area contributed by atoms with E-state index in [0.29, 0.717) is 37.4 Å². The van der Waals surface area contributed by atoms with Gasteiger partial charge in [-0.15, -0.1) is 0 Å². The number of halogens is 1. The first-order chi connectivity index (χ1) is 19.0. The van der Waals surface area contributed by atoms with E-state index in [1.807, 2.05) is 40.9 Å². The molecule has 5 aromatic rings. The van der Waals surface area contributed by atoms with Gasteiger partial charge in [0.1, 0.15) is 29.6 Å². The topological polar surface area (TPSA) is 88.1 Å². The second-order valence-electron chi connectivity index (χ2n) is 9.82. The maximum absolute atomic E-state index is 14.7. The standard InChI is InChI=1S/C31H28FN3O4/c1-37-24-5-3-21(4-6-24)27-18-29-34-10-11-35(29)28-14-20(2-7-26(27)28)19-39-25-16-22(15-23(32)17-25)31(30(33)36)8-12-38-13-9-31/h2-7,10-11,14-18H,8-9,12-13,19H2,1H3,(H2,33,36). The number of nitrogens with two attached hydrogens (primary N) is 1. The molecule has 2 aromatic heterocycles. The first-order valence-electron chi connectivity index (χ1n) is 12.8. The number of ether oxygens (including phenoxy) is 3. The molecule has 0 bridgehead atoms. The summed E-state index contributed by atoms with van der Waals surface area (Å²) in [5, 5.41) is 1.06. The van der Waals surface area contributed by atoms with Crippen LogP contribution in [0.5, 0.6) is 11.5 Å². The van der Waals surface area contributed by atoms with Gasteiger partial charge < -0.3 is 19.9 Å². The van der Waals surface area contributed by atoms with Gasteiger partial charge in [-0.2, -0.15) is 0 Å². The molecule has 198 valence electrons. The minimum Gasteiger partial charge on any atom is -0.497 e. The molecule has 0 spiro atoms. The Morgan fingerprint density at radius 2 is 1.85 bits per heavy atom. The number of nitrogens with zero attached hydrogens (tertiary/aromatic N) is 2. The molecule has 1 saturated heterocycles. The predicted molar refractivity (Wildman–Crippen MR) is 146 cm³/mol. The highest BCUT2D eigenvalue weighted by molar-refractivity contribution is 5.97. The summed E-state index contributed by atoms with van der Waals surface area (Å²) >= 11 is 0. The van der Waals surface area contributed by atoms with Gasteiger partial charge in [-0.3, -0.25) is 9.20 Å². The first-order valence-corrected chi connectivity index (χ1v) is 12.8. The third-order valence-electron chi connectivity index (χ3n) is 7.60. The average Bonchev–Trinajstić information content (AvgIpc) is 3.45. The molecule has 39 heavy (non-hydrogen) atoms. The molecular weight excluding hydrogens is 497 g/mol. The number of hydrogen-bond donors (Lipinski definition) is 1. The Morgan fingerprint density at radius 1 is 1.05 bits per heavy atom. The number of carbonyl (C=O) groups excluding carboxylic acids is 1. The summed E-state index contributed by atoms with van der Waals surface area (Å²) in [6.45, 7) is 1.01. The van der Waals surface area contributed by atoms with Crippen molar-refractivity contribution in [2.45, 2.75) is 24.9 Å². The van der Waals surface area contributed by atoms with Crippen molar-refractivity contribution in [1.29, 1.82) is 0 Å². The lowest BCUT2D eigenvalue weighted by atomic mass is 9.73. The number of amides is 1. The van der Waals surface area contributed by atoms with Crippen molar-refractivity contribution < 1.29 is 23.4 Å². The van der Waals surface area contributed by atoms with E-state index in [-0.39, 0.29) is 6.61 Å². The van der Waals surface area contributed by atoms with Crippen LogP contribution in [0, 0.1) is 5.82 Å². The number of primary amides is 1. The van der Waals surface area contributed by atoms with Gasteiger partial charge in [-0.25, -0.2) is 9.37 Å². The van der Waals surface area contributed by atoms with Gasteiger partial charge in [0.2, 0.25) is 5.91 Å². The van der Waals surface area contributed by atoms with Gasteiger partial charge in [0.15, 0.2) is 0 Å². The van der Waals surface area contributed by atoms with Crippen LogP contribution in [0.2, 0.25) is 0 Å². The minimum absolute atomic E-state index is 0.217. The van der Waals surface area contributed by atoms with Gasteiger partial charge >= 0.3 is 0 Å². The van der Waals surface area contributed by atoms with Crippen LogP contribution in [0.1, 0.15) is 24.0 Å². The molecule has 0 atom stereocenters. The fourth-order valence-corrected chi connectivity index (χ4v) is 5.42. The molecule has 0 unspecified atom stereocenters. The van der Waals surface area contributed by atoms with Crippen LogP contribution in [0.15, 0.2) is 79.1 Å². The van der Waals surface area contributed by atoms with Crippen molar-refractivity contribution in [2.75, 3.05) is 20.3 Å². The molecule has 1 aliphatic heterocycles. The van der Waals surface area contributed by atoms with Gasteiger partial charge in [-0.05, 0) is 71.5 Å². The van der Waals surface area contributed by atoms with Crippen molar-refractivity contribution in [1.82, 2.24) is 9.38 Å². The van der Waals surface area contributed by atoms with Crippen LogP contribution in [0.3, 0.4) is 0 Å². The zero-order valence-electron chi connectivity index (χ0n) is 21.5. The van der Waals surface area contributed by atoms with Crippen LogP contribution < -0.4 is 15.2 Å². The normalized spacial score (nSPS) is 14.9. The van der Waals surface area contributed by atoms with Crippen molar-refractivity contribution in [2.24, 2.45) is 5.73 Å². The number of fused-ring (bicyclic) bond motifs is 3. The predicted octanol–water partition coefficient (Wildman–Crippen LogP) is 5.41. The number of imidazole rings is 1. The molecular formula is C31H28FN3O4. The van der Waals surface area contributed by atoms with Crippen molar-refractivity contribution in [3.63, 3.8) is 0 Å². The zero-order valence-corrected chi connectivity index (χ0v) is 21.5. The van der Waals surface area contributed by atoms with Crippen molar-refractivity contribution >= 4 is 22.5 Å². The third-order valence-corrected chi connectivity index (χ3v) is 7.60. The lowest BCUT2D eigenvalue weighted by Crippen LogP contribution is -2.45. The average molecular weight is 526 g/mol. The summed E-state index contributed by atoms with van der Waals surface area (Å²) in [4.78, 5) is 17.0. The molecule has 1 fully saturated rings. The fourth-order valence-electron chi connectivity index (χ4n) is 5.42. The zero-order chi connectivity index (χ0) is 27.0. The Morgan fingerprint density at radius 3 is 2.59 bits per heavy atom. The van der Waals surface area contributed by atoms with E-state index in [9.17, 15) is 9.18 Å². The molecule has 3 heterocycles. The summed E-state index contributed by atoms with van der Waals surface area (Å²) < 4.78 is 33.5. The number of rotatable bonds is 7. The molecule has 0 aliphatic carbocycles. The van der Waals surface area contributed by atoms with Crippen molar-refractivity contribution in [3.8, 4) is 22.6 Å². The van der Waals surface area contributed by atoms with Crippen LogP contribution in [-0.2, 0) is 21.6 Å². The van der Waals surface area contributed by atoms with Crippen molar-refractivity contribution in [3.05, 3.63) is 96.1 Å². The Labute approximate surface area is 224 Å². The highest BCUT2D eigenvalue weighted by Gasteiger charge is 2.40. The van der Waals surface area contributed by atoms with Gasteiger partial charge in [0.05, 0.1) is 18.0 Å². The second-order valence-corrected chi connectivity index (χ2v) is 9.82. The number of pyridine rings is 1. The van der Waals surface area contributed by atoms with E-state index in [2.05, 4.69) is 23.2 Å². The maximum Gasteiger partial charge on any atom is 0.228 e. The highest BCUT2D eigenvalue weighted by atomic mass is 19.1. The maximum atomic E-state index is 14.7. The SMILES string of the molecule is COc1ccc(-c2cc3nccn3c3cc(COc4cc(F)cc(C5(C(N)=O)CCOCC5)c4)ccc23)cc1. The van der Waals surface area contributed by atoms with Gasteiger partial charge in [0, 0.05) is 37.1 Å². The van der Waals surface area contributed by atoms with E-state index >= 15 is 0 Å². The van der Waals surface area contributed by atoms with E-state index in [1.54, 1.807) is 19.4 Å². The Hall–Kier alpha value is -4.43. The molecule has 8 heteroatoms. The Balaban J connectivity index is 1.33. The Kier molecular flexibility index (Phi) is 6.40. The number of methoxy groups -OCH3 is 1. The number of carbonyl (C=O) groups is 1. The first kappa shape index (κ1) is 24.9. The molecule has 7 nitrogen and oxygen atoms in total. The summed E-state index contributed by atoms with van der Waals surface area (Å²) in [6.07, 6.45) is 4.52. The van der Waals surface area contributed by atoms with E-state index in [0.717, 1.165) is 39.0 Å². The van der Waals surface area contributed by atoms with Crippen LogP contribution >= 0.6 is 0 Å². The second kappa shape index (κ2) is 10.0. The lowest BCUT2D eigenvalue weighted by molar-refractivity contribution is -0.127. The third kappa shape index (κ3) is 4.57. The Bertz CT molecular complexity index is 1670. The molecule has 1 amide bonds. The van der Waals surface area contributed by atoms with E-state index < -0.39 is 17.1 Å². The van der Waals surface area contributed by atoms with E-state index in [4.69, 9.17) is 19.9 Å². The number of aromatic nitrogens is 2. The molecule has 6 rings (SSSR count). The smallest absolute Gasteiger partial charge is 0.228 e. The van der Waals surface area contributed by atoms with Crippen LogP contribution in [0.25, 0.3) is 27.7 Å². The molecule has 3 aromatic carbocycles. The fraction of sp³-hybridized carbons (Fsp3) is 0.226. The van der Waals surface area contributed by atoms with Gasteiger partial charge in [0.25, 0.3) is 0 Å². The monoisotopic (exact) mass is 525 g/mol. The summed E-state index contributed by atoms with van der Waals surface area (Å²) in [6, 6.07) is 20.5. The minimum atomic E-state index is -0.966. The summed E-state index contributed by atoms with van der Waals surface area (Å²) in [5.41, 5.74) is 10.2. The highest BCUT2D eigenvalue weighted by Crippen LogP contribution is 2.37. The quantitative estimate of drug-likeness (QED) is 0.307. The molecule has 0 radical (unpaired) electrons. The summed E-state index contributed by atoms with van der Waals surface area (Å²) in [5.74, 6) is 0.187. The van der Waals surface area contributed by atoms with Gasteiger partial charge in [-0.1, -0.05) is 24.3 Å².